The predicted molar refractivity (Wildman–Crippen MR) is 72.4 cm³/mol. The molecule has 5 heteroatoms. The molecule has 1 amide bonds. The van der Waals surface area contributed by atoms with E-state index in [-0.39, 0.29) is 5.91 Å². The molecule has 4 nitrogen and oxygen atoms in total. The zero-order valence-electron chi connectivity index (χ0n) is 9.98. The van der Waals surface area contributed by atoms with E-state index in [9.17, 15) is 4.79 Å². The quantitative estimate of drug-likeness (QED) is 0.834. The highest BCUT2D eigenvalue weighted by Crippen LogP contribution is 2.16. The van der Waals surface area contributed by atoms with E-state index in [1.807, 2.05) is 29.9 Å². The number of hydrogen-bond acceptors (Lipinski definition) is 2. The minimum atomic E-state index is -0.189. The number of aromatic nitrogens is 1. The molecule has 0 unspecified atom stereocenters. The van der Waals surface area contributed by atoms with Crippen LogP contribution in [0, 0.1) is 0 Å². The van der Waals surface area contributed by atoms with Crippen LogP contribution in [0.15, 0.2) is 36.5 Å². The molecule has 0 atom stereocenters. The maximum Gasteiger partial charge on any atom is 0.251 e. The van der Waals surface area contributed by atoms with Crippen molar-refractivity contribution in [1.29, 1.82) is 0 Å². The van der Waals surface area contributed by atoms with Gasteiger partial charge in [-0.15, -0.1) is 0 Å². The van der Waals surface area contributed by atoms with Crippen molar-refractivity contribution in [2.45, 2.75) is 6.54 Å². The second kappa shape index (κ2) is 5.14. The minimum Gasteiger partial charge on any atom is -0.399 e. The Labute approximate surface area is 110 Å². The Morgan fingerprint density at radius 1 is 1.44 bits per heavy atom. The molecule has 18 heavy (non-hydrogen) atoms. The van der Waals surface area contributed by atoms with Crippen molar-refractivity contribution in [2.24, 2.45) is 7.05 Å². The van der Waals surface area contributed by atoms with Crippen LogP contribution >= 0.6 is 11.6 Å². The van der Waals surface area contributed by atoms with Crippen molar-refractivity contribution in [1.82, 2.24) is 9.88 Å². The van der Waals surface area contributed by atoms with Crippen molar-refractivity contribution in [3.8, 4) is 0 Å². The third-order valence-electron chi connectivity index (χ3n) is 2.66. The van der Waals surface area contributed by atoms with Crippen LogP contribution in [-0.2, 0) is 13.6 Å². The van der Waals surface area contributed by atoms with Gasteiger partial charge in [0.2, 0.25) is 0 Å². The van der Waals surface area contributed by atoms with Crippen LogP contribution in [0.3, 0.4) is 0 Å². The van der Waals surface area contributed by atoms with E-state index >= 15 is 0 Å². The van der Waals surface area contributed by atoms with E-state index in [2.05, 4.69) is 5.32 Å². The normalized spacial score (nSPS) is 10.3. The standard InChI is InChI=1S/C13H14ClN3O/c1-17-4-2-3-12(17)8-16-13(18)9-5-10(14)7-11(15)6-9/h2-7H,8,15H2,1H3,(H,16,18). The number of benzene rings is 1. The lowest BCUT2D eigenvalue weighted by Crippen LogP contribution is -2.23. The number of hydrogen-bond donors (Lipinski definition) is 2. The number of nitrogen functional groups attached to an aromatic ring is 1. The first-order valence-electron chi connectivity index (χ1n) is 5.51. The molecule has 0 saturated heterocycles. The Morgan fingerprint density at radius 3 is 2.83 bits per heavy atom. The van der Waals surface area contributed by atoms with Crippen LogP contribution in [0.1, 0.15) is 16.1 Å². The molecule has 1 aromatic carbocycles. The van der Waals surface area contributed by atoms with Crippen molar-refractivity contribution in [2.75, 3.05) is 5.73 Å². The SMILES string of the molecule is Cn1cccc1CNC(=O)c1cc(N)cc(Cl)c1. The number of rotatable bonds is 3. The third-order valence-corrected chi connectivity index (χ3v) is 2.88. The summed E-state index contributed by atoms with van der Waals surface area (Å²) in [6, 6.07) is 8.69. The Hall–Kier alpha value is -1.94. The number of amides is 1. The van der Waals surface area contributed by atoms with E-state index in [0.717, 1.165) is 5.69 Å². The van der Waals surface area contributed by atoms with Crippen LogP contribution in [-0.4, -0.2) is 10.5 Å². The molecule has 1 heterocycles. The number of carbonyl (C=O) groups is 1. The van der Waals surface area contributed by atoms with Gasteiger partial charge in [0.05, 0.1) is 6.54 Å². The van der Waals surface area contributed by atoms with Crippen LogP contribution in [0.2, 0.25) is 5.02 Å². The summed E-state index contributed by atoms with van der Waals surface area (Å²) < 4.78 is 1.95. The van der Waals surface area contributed by atoms with E-state index in [1.165, 1.54) is 0 Å². The summed E-state index contributed by atoms with van der Waals surface area (Å²) >= 11 is 5.86. The second-order valence-corrected chi connectivity index (χ2v) is 4.50. The zero-order chi connectivity index (χ0) is 13.1. The van der Waals surface area contributed by atoms with E-state index in [0.29, 0.717) is 22.8 Å². The Morgan fingerprint density at radius 2 is 2.22 bits per heavy atom. The molecule has 0 radical (unpaired) electrons. The number of nitrogens with two attached hydrogens (primary N) is 1. The van der Waals surface area contributed by atoms with Crippen LogP contribution in [0.4, 0.5) is 5.69 Å². The summed E-state index contributed by atoms with van der Waals surface area (Å²) in [7, 11) is 1.93. The molecule has 0 fully saturated rings. The van der Waals surface area contributed by atoms with Gasteiger partial charge in [0, 0.05) is 35.2 Å². The van der Waals surface area contributed by atoms with E-state index in [4.69, 9.17) is 17.3 Å². The van der Waals surface area contributed by atoms with Gasteiger partial charge in [-0.2, -0.15) is 0 Å². The van der Waals surface area contributed by atoms with Gasteiger partial charge in [-0.3, -0.25) is 4.79 Å². The number of nitrogens with one attached hydrogen (secondary N) is 1. The molecule has 0 bridgehead atoms. The molecule has 0 aliphatic heterocycles. The number of carbonyl (C=O) groups excluding carboxylic acids is 1. The molecule has 0 aliphatic rings. The smallest absolute Gasteiger partial charge is 0.251 e. The lowest BCUT2D eigenvalue weighted by molar-refractivity contribution is 0.0950. The Kier molecular flexibility index (Phi) is 3.58. The largest absolute Gasteiger partial charge is 0.399 e. The van der Waals surface area contributed by atoms with Crippen LogP contribution in [0.25, 0.3) is 0 Å². The fourth-order valence-electron chi connectivity index (χ4n) is 1.70. The highest BCUT2D eigenvalue weighted by molar-refractivity contribution is 6.31. The van der Waals surface area contributed by atoms with Crippen molar-refractivity contribution < 1.29 is 4.79 Å². The fourth-order valence-corrected chi connectivity index (χ4v) is 1.94. The first-order chi connectivity index (χ1) is 8.56. The van der Waals surface area contributed by atoms with Crippen LogP contribution in [0.5, 0.6) is 0 Å². The minimum absolute atomic E-state index is 0.189. The van der Waals surface area contributed by atoms with Crippen molar-refractivity contribution >= 4 is 23.2 Å². The van der Waals surface area contributed by atoms with Crippen molar-refractivity contribution in [3.05, 3.63) is 52.8 Å². The topological polar surface area (TPSA) is 60.0 Å². The summed E-state index contributed by atoms with van der Waals surface area (Å²) in [5.74, 6) is -0.189. The van der Waals surface area contributed by atoms with Gasteiger partial charge in [-0.25, -0.2) is 0 Å². The van der Waals surface area contributed by atoms with E-state index in [1.54, 1.807) is 18.2 Å². The van der Waals surface area contributed by atoms with E-state index < -0.39 is 0 Å². The molecular weight excluding hydrogens is 250 g/mol. The van der Waals surface area contributed by atoms with Crippen LogP contribution < -0.4 is 11.1 Å². The summed E-state index contributed by atoms with van der Waals surface area (Å²) in [6.45, 7) is 0.467. The molecule has 94 valence electrons. The second-order valence-electron chi connectivity index (χ2n) is 4.07. The first kappa shape index (κ1) is 12.5. The number of halogens is 1. The molecule has 2 rings (SSSR count). The maximum absolute atomic E-state index is 11.9. The number of aryl methyl sites for hydroxylation is 1. The number of nitrogens with zero attached hydrogens (tertiary/aromatic N) is 1. The molecule has 0 saturated carbocycles. The van der Waals surface area contributed by atoms with Crippen molar-refractivity contribution in [3.63, 3.8) is 0 Å². The highest BCUT2D eigenvalue weighted by atomic mass is 35.5. The summed E-state index contributed by atoms with van der Waals surface area (Å²) in [5.41, 5.74) is 7.61. The van der Waals surface area contributed by atoms with Gasteiger partial charge >= 0.3 is 0 Å². The Bertz CT molecular complexity index is 557. The first-order valence-corrected chi connectivity index (χ1v) is 5.88. The lowest BCUT2D eigenvalue weighted by Gasteiger charge is -2.07. The molecule has 1 aromatic heterocycles. The van der Waals surface area contributed by atoms with Gasteiger partial charge < -0.3 is 15.6 Å². The van der Waals surface area contributed by atoms with Gasteiger partial charge in [0.1, 0.15) is 0 Å². The molecule has 3 N–H and O–H groups in total. The predicted octanol–water partition coefficient (Wildman–Crippen LogP) is 2.19. The highest BCUT2D eigenvalue weighted by Gasteiger charge is 2.08. The van der Waals surface area contributed by atoms with Gasteiger partial charge in [-0.05, 0) is 30.3 Å². The average molecular weight is 264 g/mol. The monoisotopic (exact) mass is 263 g/mol. The lowest BCUT2D eigenvalue weighted by atomic mass is 10.2. The summed E-state index contributed by atoms with van der Waals surface area (Å²) in [4.78, 5) is 11.9. The molecule has 0 spiro atoms. The Balaban J connectivity index is 2.06. The molecule has 0 aliphatic carbocycles. The summed E-state index contributed by atoms with van der Waals surface area (Å²) in [6.07, 6.45) is 1.93. The zero-order valence-corrected chi connectivity index (χ0v) is 10.7. The number of anilines is 1. The molecular formula is C13H14ClN3O. The summed E-state index contributed by atoms with van der Waals surface area (Å²) in [5, 5.41) is 3.28. The fraction of sp³-hybridized carbons (Fsp3) is 0.154. The maximum atomic E-state index is 11.9. The average Bonchev–Trinajstić information content (AvgIpc) is 2.70. The van der Waals surface area contributed by atoms with Gasteiger partial charge in [0.15, 0.2) is 0 Å². The van der Waals surface area contributed by atoms with Gasteiger partial charge in [-0.1, -0.05) is 11.6 Å². The molecule has 2 aromatic rings. The van der Waals surface area contributed by atoms with Gasteiger partial charge in [0.25, 0.3) is 5.91 Å². The third kappa shape index (κ3) is 2.84.